The van der Waals surface area contributed by atoms with E-state index in [0.717, 1.165) is 6.54 Å². The van der Waals surface area contributed by atoms with Crippen LogP contribution in [-0.2, 0) is 4.79 Å². The summed E-state index contributed by atoms with van der Waals surface area (Å²) in [5.74, 6) is 0.426. The molecule has 0 radical (unpaired) electrons. The summed E-state index contributed by atoms with van der Waals surface area (Å²) in [5, 5.41) is 3.09. The van der Waals surface area contributed by atoms with Crippen molar-refractivity contribution in [2.75, 3.05) is 13.1 Å². The van der Waals surface area contributed by atoms with Gasteiger partial charge in [-0.3, -0.25) is 4.79 Å². The molecule has 1 aliphatic rings. The largest absolute Gasteiger partial charge is 0.355 e. The highest BCUT2D eigenvalue weighted by atomic mass is 16.1. The molecule has 0 aromatic rings. The molecule has 0 bridgehead atoms. The standard InChI is InChI=1S/C13H26N2O/c1-4-13(6-5-7-13)9-15-12(16)11(8-14)10(2)3/h10-11H,4-9,14H2,1-3H3,(H,15,16). The zero-order valence-electron chi connectivity index (χ0n) is 10.9. The summed E-state index contributed by atoms with van der Waals surface area (Å²) < 4.78 is 0. The molecule has 1 unspecified atom stereocenters. The molecule has 3 heteroatoms. The fraction of sp³-hybridized carbons (Fsp3) is 0.923. The summed E-state index contributed by atoms with van der Waals surface area (Å²) >= 11 is 0. The summed E-state index contributed by atoms with van der Waals surface area (Å²) in [5.41, 5.74) is 6.03. The second kappa shape index (κ2) is 5.67. The summed E-state index contributed by atoms with van der Waals surface area (Å²) in [6.07, 6.45) is 5.01. The maximum Gasteiger partial charge on any atom is 0.224 e. The number of hydrogen-bond donors (Lipinski definition) is 2. The first-order valence-corrected chi connectivity index (χ1v) is 6.52. The van der Waals surface area contributed by atoms with Gasteiger partial charge in [0.05, 0.1) is 5.92 Å². The molecule has 1 aliphatic carbocycles. The van der Waals surface area contributed by atoms with Crippen LogP contribution in [0.4, 0.5) is 0 Å². The van der Waals surface area contributed by atoms with Gasteiger partial charge in [0.15, 0.2) is 0 Å². The van der Waals surface area contributed by atoms with E-state index in [-0.39, 0.29) is 11.8 Å². The molecule has 3 N–H and O–H groups in total. The Hall–Kier alpha value is -0.570. The average Bonchev–Trinajstić information content (AvgIpc) is 2.17. The molecule has 3 nitrogen and oxygen atoms in total. The van der Waals surface area contributed by atoms with Crippen LogP contribution in [0.3, 0.4) is 0 Å². The molecule has 0 aliphatic heterocycles. The number of nitrogens with one attached hydrogen (secondary N) is 1. The van der Waals surface area contributed by atoms with E-state index in [1.165, 1.54) is 25.7 Å². The number of carbonyl (C=O) groups excluding carboxylic acids is 1. The number of hydrogen-bond acceptors (Lipinski definition) is 2. The van der Waals surface area contributed by atoms with Crippen LogP contribution >= 0.6 is 0 Å². The lowest BCUT2D eigenvalue weighted by Crippen LogP contribution is -2.45. The van der Waals surface area contributed by atoms with E-state index < -0.39 is 0 Å². The molecule has 0 saturated heterocycles. The lowest BCUT2D eigenvalue weighted by molar-refractivity contribution is -0.126. The topological polar surface area (TPSA) is 55.1 Å². The summed E-state index contributed by atoms with van der Waals surface area (Å²) in [6.45, 7) is 7.61. The Morgan fingerprint density at radius 1 is 1.44 bits per heavy atom. The third-order valence-corrected chi connectivity index (χ3v) is 4.20. The van der Waals surface area contributed by atoms with E-state index >= 15 is 0 Å². The zero-order valence-corrected chi connectivity index (χ0v) is 10.9. The SMILES string of the molecule is CCC1(CNC(=O)C(CN)C(C)C)CCC1. The first-order chi connectivity index (χ1) is 7.54. The van der Waals surface area contributed by atoms with Gasteiger partial charge in [0.1, 0.15) is 0 Å². The Morgan fingerprint density at radius 3 is 2.38 bits per heavy atom. The molecular formula is C13H26N2O. The molecule has 1 atom stereocenters. The van der Waals surface area contributed by atoms with E-state index in [2.05, 4.69) is 26.1 Å². The maximum atomic E-state index is 11.9. The van der Waals surface area contributed by atoms with Gasteiger partial charge < -0.3 is 11.1 Å². The molecule has 0 heterocycles. The lowest BCUT2D eigenvalue weighted by Gasteiger charge is -2.41. The Bertz CT molecular complexity index is 229. The Labute approximate surface area is 99.2 Å². The highest BCUT2D eigenvalue weighted by molar-refractivity contribution is 5.79. The molecule has 0 aromatic heterocycles. The normalized spacial score (nSPS) is 20.3. The van der Waals surface area contributed by atoms with Crippen LogP contribution in [-0.4, -0.2) is 19.0 Å². The van der Waals surface area contributed by atoms with Gasteiger partial charge in [-0.25, -0.2) is 0 Å². The number of rotatable bonds is 6. The molecule has 94 valence electrons. The van der Waals surface area contributed by atoms with Crippen molar-refractivity contribution in [2.24, 2.45) is 23.0 Å². The second-order valence-corrected chi connectivity index (χ2v) is 5.51. The van der Waals surface area contributed by atoms with Gasteiger partial charge in [0.25, 0.3) is 0 Å². The van der Waals surface area contributed by atoms with Crippen molar-refractivity contribution in [3.63, 3.8) is 0 Å². The summed E-state index contributed by atoms with van der Waals surface area (Å²) in [6, 6.07) is 0. The first kappa shape index (κ1) is 13.5. The smallest absolute Gasteiger partial charge is 0.224 e. The van der Waals surface area contributed by atoms with Crippen LogP contribution < -0.4 is 11.1 Å². The molecule has 16 heavy (non-hydrogen) atoms. The van der Waals surface area contributed by atoms with Crippen LogP contribution in [0, 0.1) is 17.3 Å². The van der Waals surface area contributed by atoms with E-state index in [0.29, 0.717) is 17.9 Å². The molecule has 1 fully saturated rings. The van der Waals surface area contributed by atoms with Gasteiger partial charge in [-0.2, -0.15) is 0 Å². The van der Waals surface area contributed by atoms with Gasteiger partial charge in [-0.15, -0.1) is 0 Å². The fourth-order valence-corrected chi connectivity index (χ4v) is 2.42. The van der Waals surface area contributed by atoms with E-state index in [9.17, 15) is 4.79 Å². The lowest BCUT2D eigenvalue weighted by atomic mass is 9.67. The average molecular weight is 226 g/mol. The second-order valence-electron chi connectivity index (χ2n) is 5.51. The molecule has 0 aromatic carbocycles. The minimum Gasteiger partial charge on any atom is -0.355 e. The summed E-state index contributed by atoms with van der Waals surface area (Å²) in [4.78, 5) is 11.9. The van der Waals surface area contributed by atoms with Crippen LogP contribution in [0.1, 0.15) is 46.5 Å². The van der Waals surface area contributed by atoms with Crippen molar-refractivity contribution >= 4 is 5.91 Å². The predicted molar refractivity (Wildman–Crippen MR) is 67.0 cm³/mol. The van der Waals surface area contributed by atoms with Crippen LogP contribution in [0.5, 0.6) is 0 Å². The molecular weight excluding hydrogens is 200 g/mol. The van der Waals surface area contributed by atoms with Crippen molar-refractivity contribution in [1.29, 1.82) is 0 Å². The van der Waals surface area contributed by atoms with Gasteiger partial charge >= 0.3 is 0 Å². The highest BCUT2D eigenvalue weighted by Crippen LogP contribution is 2.43. The number of carbonyl (C=O) groups is 1. The summed E-state index contributed by atoms with van der Waals surface area (Å²) in [7, 11) is 0. The third kappa shape index (κ3) is 2.97. The van der Waals surface area contributed by atoms with E-state index in [1.54, 1.807) is 0 Å². The van der Waals surface area contributed by atoms with Crippen LogP contribution in [0.15, 0.2) is 0 Å². The Morgan fingerprint density at radius 2 is 2.06 bits per heavy atom. The molecule has 1 saturated carbocycles. The van der Waals surface area contributed by atoms with Crippen molar-refractivity contribution < 1.29 is 4.79 Å². The Kier molecular flexibility index (Phi) is 4.78. The van der Waals surface area contributed by atoms with Gasteiger partial charge in [-0.1, -0.05) is 27.2 Å². The maximum absolute atomic E-state index is 11.9. The monoisotopic (exact) mass is 226 g/mol. The quantitative estimate of drug-likeness (QED) is 0.727. The van der Waals surface area contributed by atoms with Crippen molar-refractivity contribution in [3.8, 4) is 0 Å². The van der Waals surface area contributed by atoms with Gasteiger partial charge in [-0.05, 0) is 30.6 Å². The highest BCUT2D eigenvalue weighted by Gasteiger charge is 2.35. The zero-order chi connectivity index (χ0) is 12.2. The van der Waals surface area contributed by atoms with Crippen molar-refractivity contribution in [3.05, 3.63) is 0 Å². The van der Waals surface area contributed by atoms with Crippen molar-refractivity contribution in [2.45, 2.75) is 46.5 Å². The van der Waals surface area contributed by atoms with Gasteiger partial charge in [0.2, 0.25) is 5.91 Å². The first-order valence-electron chi connectivity index (χ1n) is 6.52. The minimum atomic E-state index is -0.0333. The number of amides is 1. The van der Waals surface area contributed by atoms with E-state index in [1.807, 2.05) is 0 Å². The third-order valence-electron chi connectivity index (χ3n) is 4.20. The van der Waals surface area contributed by atoms with E-state index in [4.69, 9.17) is 5.73 Å². The molecule has 0 spiro atoms. The minimum absolute atomic E-state index is 0.0333. The molecule has 1 amide bonds. The van der Waals surface area contributed by atoms with Gasteiger partial charge in [0, 0.05) is 13.1 Å². The fourth-order valence-electron chi connectivity index (χ4n) is 2.42. The predicted octanol–water partition coefficient (Wildman–Crippen LogP) is 1.91. The van der Waals surface area contributed by atoms with Crippen LogP contribution in [0.25, 0.3) is 0 Å². The number of nitrogens with two attached hydrogens (primary N) is 1. The van der Waals surface area contributed by atoms with Crippen LogP contribution in [0.2, 0.25) is 0 Å². The van der Waals surface area contributed by atoms with Crippen molar-refractivity contribution in [1.82, 2.24) is 5.32 Å². The Balaban J connectivity index is 2.39. The molecule has 1 rings (SSSR count).